The van der Waals surface area contributed by atoms with Crippen LogP contribution < -0.4 is 10.1 Å². The Kier molecular flexibility index (Phi) is 10.1. The Morgan fingerprint density at radius 2 is 2.10 bits per heavy atom. The van der Waals surface area contributed by atoms with E-state index in [-0.39, 0.29) is 18.9 Å². The number of ether oxygens (including phenoxy) is 1. The number of hydrogen-bond donors (Lipinski definition) is 2. The highest BCUT2D eigenvalue weighted by Gasteiger charge is 2.22. The number of amides is 1. The number of carbonyl (C=O) groups excluding carboxylic acids is 1. The van der Waals surface area contributed by atoms with Gasteiger partial charge in [0, 0.05) is 0 Å². The van der Waals surface area contributed by atoms with Crippen LogP contribution in [0.25, 0.3) is 0 Å². The van der Waals surface area contributed by atoms with Crippen molar-refractivity contribution in [3.63, 3.8) is 0 Å². The summed E-state index contributed by atoms with van der Waals surface area (Å²) in [6.07, 6.45) is 0.937. The molecule has 29 heavy (non-hydrogen) atoms. The summed E-state index contributed by atoms with van der Waals surface area (Å²) in [6, 6.07) is 7.64. The fraction of sp³-hybridized carbons (Fsp3) is 0.550. The van der Waals surface area contributed by atoms with E-state index in [2.05, 4.69) is 16.7 Å². The van der Waals surface area contributed by atoms with Crippen LogP contribution in [-0.2, 0) is 16.1 Å². The number of aliphatic hydroxyl groups excluding tert-OH is 1. The molecule has 9 heteroatoms. The smallest absolute Gasteiger partial charge is 0.294 e. The van der Waals surface area contributed by atoms with E-state index in [0.717, 1.165) is 11.3 Å². The van der Waals surface area contributed by atoms with Crippen LogP contribution in [0, 0.1) is 10.1 Å². The first-order valence-corrected chi connectivity index (χ1v) is 9.52. The maximum absolute atomic E-state index is 11.8. The number of allylic oxidation sites excluding steroid dienone is 1. The van der Waals surface area contributed by atoms with Gasteiger partial charge in [-0.2, -0.15) is 0 Å². The number of para-hydroxylation sites is 1. The molecule has 1 aromatic carbocycles. The first-order valence-electron chi connectivity index (χ1n) is 9.52. The molecule has 0 heterocycles. The van der Waals surface area contributed by atoms with E-state index in [0.29, 0.717) is 30.5 Å². The van der Waals surface area contributed by atoms with Crippen molar-refractivity contribution in [2.75, 3.05) is 40.3 Å². The van der Waals surface area contributed by atoms with Crippen LogP contribution in [0.5, 0.6) is 5.75 Å². The fourth-order valence-electron chi connectivity index (χ4n) is 2.88. The lowest BCUT2D eigenvalue weighted by Crippen LogP contribution is -2.50. The van der Waals surface area contributed by atoms with Crippen LogP contribution in [0.1, 0.15) is 18.9 Å². The average molecular weight is 410 g/mol. The molecule has 1 amide bonds. The molecule has 1 aromatic rings. The lowest BCUT2D eigenvalue weighted by molar-refractivity contribution is -0.892. The lowest BCUT2D eigenvalue weighted by atomic mass is 10.1. The molecule has 9 nitrogen and oxygen atoms in total. The lowest BCUT2D eigenvalue weighted by Gasteiger charge is -2.32. The molecule has 1 rings (SSSR count). The molecule has 0 aromatic heterocycles. The normalized spacial score (nSPS) is 13.2. The molecule has 0 aliphatic rings. The summed E-state index contributed by atoms with van der Waals surface area (Å²) in [4.78, 5) is 26.3. The Morgan fingerprint density at radius 1 is 1.41 bits per heavy atom. The van der Waals surface area contributed by atoms with Gasteiger partial charge in [0.05, 0.1) is 33.6 Å². The van der Waals surface area contributed by atoms with Gasteiger partial charge in [-0.1, -0.05) is 24.3 Å². The first-order chi connectivity index (χ1) is 13.6. The molecule has 162 valence electrons. The van der Waals surface area contributed by atoms with E-state index >= 15 is 0 Å². The summed E-state index contributed by atoms with van der Waals surface area (Å²) in [6.45, 7) is 6.77. The Bertz CT molecular complexity index is 680. The molecule has 0 bridgehead atoms. The van der Waals surface area contributed by atoms with Gasteiger partial charge in [0.15, 0.2) is 0 Å². The van der Waals surface area contributed by atoms with Gasteiger partial charge in [-0.3, -0.25) is 4.79 Å². The molecule has 0 radical (unpaired) electrons. The second-order valence-corrected chi connectivity index (χ2v) is 7.60. The Hall–Kier alpha value is -2.65. The van der Waals surface area contributed by atoms with Crippen molar-refractivity contribution >= 4 is 5.91 Å². The minimum absolute atomic E-state index is 0.0883. The van der Waals surface area contributed by atoms with Gasteiger partial charge in [0.2, 0.25) is 5.91 Å². The highest BCUT2D eigenvalue weighted by Crippen LogP contribution is 2.19. The average Bonchev–Trinajstić information content (AvgIpc) is 2.59. The number of quaternary nitrogens is 1. The van der Waals surface area contributed by atoms with Crippen molar-refractivity contribution in [1.82, 2.24) is 5.32 Å². The third kappa shape index (κ3) is 10.5. The highest BCUT2D eigenvalue weighted by atomic mass is 17.0. The number of rotatable bonds is 14. The zero-order valence-corrected chi connectivity index (χ0v) is 17.4. The minimum atomic E-state index is -0.906. The SMILES string of the molecule is C=CCc1ccccc1OCC(O)C[N+](C)(C)CCNC(=O)CC(C)O[N+](=O)[O-]. The standard InChI is InChI=1S/C20H31N3O6/c1-5-8-17-9-6-7-10-19(17)28-15-18(24)14-23(3,4)12-11-21-20(25)13-16(2)29-22(26)27/h5-7,9-10,16,18,24H,1,8,11-15H2,2-4H3/p+1. The van der Waals surface area contributed by atoms with E-state index in [1.54, 1.807) is 6.08 Å². The van der Waals surface area contributed by atoms with E-state index in [1.165, 1.54) is 6.92 Å². The van der Waals surface area contributed by atoms with Crippen molar-refractivity contribution < 1.29 is 29.0 Å². The number of carbonyl (C=O) groups is 1. The van der Waals surface area contributed by atoms with Crippen LogP contribution >= 0.6 is 0 Å². The van der Waals surface area contributed by atoms with Gasteiger partial charge in [-0.05, 0) is 25.0 Å². The van der Waals surface area contributed by atoms with Gasteiger partial charge in [-0.15, -0.1) is 16.7 Å². The second-order valence-electron chi connectivity index (χ2n) is 7.60. The Balaban J connectivity index is 2.37. The second kappa shape index (κ2) is 12.0. The molecule has 0 spiro atoms. The number of aliphatic hydroxyl groups is 1. The van der Waals surface area contributed by atoms with Crippen molar-refractivity contribution in [3.8, 4) is 5.75 Å². The Morgan fingerprint density at radius 3 is 2.76 bits per heavy atom. The summed E-state index contributed by atoms with van der Waals surface area (Å²) in [5.41, 5.74) is 1.02. The van der Waals surface area contributed by atoms with Gasteiger partial charge < -0.3 is 24.5 Å². The number of nitrogens with one attached hydrogen (secondary N) is 1. The van der Waals surface area contributed by atoms with Crippen molar-refractivity contribution in [1.29, 1.82) is 0 Å². The molecule has 2 atom stereocenters. The van der Waals surface area contributed by atoms with Crippen LogP contribution in [-0.4, -0.2) is 73.1 Å². The molecule has 0 saturated heterocycles. The predicted molar refractivity (Wildman–Crippen MR) is 109 cm³/mol. The number of likely N-dealkylation sites (N-methyl/N-ethyl adjacent to an activating group) is 1. The molecule has 2 N–H and O–H groups in total. The maximum atomic E-state index is 11.8. The first kappa shape index (κ1) is 24.4. The molecule has 2 unspecified atom stereocenters. The van der Waals surface area contributed by atoms with Crippen LogP contribution in [0.2, 0.25) is 0 Å². The van der Waals surface area contributed by atoms with Gasteiger partial charge in [-0.25, -0.2) is 0 Å². The zero-order valence-electron chi connectivity index (χ0n) is 17.4. The minimum Gasteiger partial charge on any atom is -0.490 e. The molecule has 0 saturated carbocycles. The van der Waals surface area contributed by atoms with E-state index < -0.39 is 17.3 Å². The van der Waals surface area contributed by atoms with Crippen LogP contribution in [0.4, 0.5) is 0 Å². The summed E-state index contributed by atoms with van der Waals surface area (Å²) in [5, 5.41) is 22.4. The fourth-order valence-corrected chi connectivity index (χ4v) is 2.88. The largest absolute Gasteiger partial charge is 0.490 e. The summed E-state index contributed by atoms with van der Waals surface area (Å²) < 4.78 is 6.24. The number of nitrogens with zero attached hydrogens (tertiary/aromatic N) is 2. The van der Waals surface area contributed by atoms with Crippen molar-refractivity contribution in [2.45, 2.75) is 32.0 Å². The quantitative estimate of drug-likeness (QED) is 0.207. The monoisotopic (exact) mass is 410 g/mol. The van der Waals surface area contributed by atoms with Crippen LogP contribution in [0.15, 0.2) is 36.9 Å². The highest BCUT2D eigenvalue weighted by molar-refractivity contribution is 5.76. The van der Waals surface area contributed by atoms with Gasteiger partial charge >= 0.3 is 0 Å². The Labute approximate surface area is 171 Å². The molecule has 0 aliphatic heterocycles. The number of benzene rings is 1. The summed E-state index contributed by atoms with van der Waals surface area (Å²) in [5.74, 6) is 0.414. The maximum Gasteiger partial charge on any atom is 0.294 e. The predicted octanol–water partition coefficient (Wildman–Crippen LogP) is 1.33. The van der Waals surface area contributed by atoms with Crippen LogP contribution in [0.3, 0.4) is 0 Å². The van der Waals surface area contributed by atoms with Crippen molar-refractivity contribution in [3.05, 3.63) is 52.6 Å². The van der Waals surface area contributed by atoms with E-state index in [1.807, 2.05) is 38.4 Å². The molecule has 0 fully saturated rings. The topological polar surface area (TPSA) is 111 Å². The van der Waals surface area contributed by atoms with Gasteiger partial charge in [0.25, 0.3) is 5.09 Å². The summed E-state index contributed by atoms with van der Waals surface area (Å²) in [7, 11) is 3.89. The molecular weight excluding hydrogens is 378 g/mol. The van der Waals surface area contributed by atoms with Gasteiger partial charge in [0.1, 0.15) is 31.1 Å². The number of hydrogen-bond acceptors (Lipinski definition) is 6. The van der Waals surface area contributed by atoms with Crippen molar-refractivity contribution in [2.24, 2.45) is 0 Å². The third-order valence-electron chi connectivity index (χ3n) is 4.25. The van der Waals surface area contributed by atoms with E-state index in [4.69, 9.17) is 4.74 Å². The molecular formula is C20H32N3O6+. The van der Waals surface area contributed by atoms with E-state index in [9.17, 15) is 20.0 Å². The summed E-state index contributed by atoms with van der Waals surface area (Å²) >= 11 is 0. The third-order valence-corrected chi connectivity index (χ3v) is 4.25. The zero-order chi connectivity index (χ0) is 21.9. The molecule has 0 aliphatic carbocycles.